The van der Waals surface area contributed by atoms with E-state index >= 15 is 0 Å². The van der Waals surface area contributed by atoms with Crippen molar-refractivity contribution in [1.29, 1.82) is 0 Å². The minimum absolute atomic E-state index is 0.0940. The highest BCUT2D eigenvalue weighted by Gasteiger charge is 2.04. The number of thiophene rings is 1. The lowest BCUT2D eigenvalue weighted by atomic mass is 10.2. The third kappa shape index (κ3) is 5.25. The molecule has 0 unspecified atom stereocenters. The van der Waals surface area contributed by atoms with E-state index in [1.165, 1.54) is 16.0 Å². The van der Waals surface area contributed by atoms with E-state index in [4.69, 9.17) is 4.74 Å². The molecule has 0 radical (unpaired) electrons. The maximum atomic E-state index is 11.9. The fourth-order valence-electron chi connectivity index (χ4n) is 2.11. The Hall–Kier alpha value is -2.07. The summed E-state index contributed by atoms with van der Waals surface area (Å²) in [5.41, 5.74) is 3.39. The van der Waals surface area contributed by atoms with E-state index in [1.54, 1.807) is 23.5 Å². The van der Waals surface area contributed by atoms with Crippen molar-refractivity contribution in [2.75, 3.05) is 0 Å². The van der Waals surface area contributed by atoms with Gasteiger partial charge in [0.1, 0.15) is 5.75 Å². The summed E-state index contributed by atoms with van der Waals surface area (Å²) in [6, 6.07) is 7.71. The lowest BCUT2D eigenvalue weighted by Crippen LogP contribution is -2.20. The molecule has 122 valence electrons. The number of rotatable bonds is 6. The quantitative estimate of drug-likeness (QED) is 0.793. The van der Waals surface area contributed by atoms with E-state index in [9.17, 15) is 4.79 Å². The highest BCUT2D eigenvalue weighted by molar-refractivity contribution is 7.10. The second-order valence-corrected chi connectivity index (χ2v) is 6.82. The monoisotopic (exact) mass is 329 g/mol. The van der Waals surface area contributed by atoms with Gasteiger partial charge in [0.2, 0.25) is 5.91 Å². The number of carbonyl (C=O) groups is 1. The molecular weight excluding hydrogens is 306 g/mol. The Morgan fingerprint density at radius 2 is 2.13 bits per heavy atom. The first kappa shape index (κ1) is 17.3. The van der Waals surface area contributed by atoms with Gasteiger partial charge in [-0.2, -0.15) is 0 Å². The van der Waals surface area contributed by atoms with E-state index < -0.39 is 0 Å². The van der Waals surface area contributed by atoms with Crippen molar-refractivity contribution < 1.29 is 9.53 Å². The Labute approximate surface area is 142 Å². The molecule has 0 saturated carbocycles. The number of benzene rings is 1. The van der Waals surface area contributed by atoms with Crippen LogP contribution in [-0.2, 0) is 11.3 Å². The van der Waals surface area contributed by atoms with Gasteiger partial charge in [-0.3, -0.25) is 4.79 Å². The van der Waals surface area contributed by atoms with Crippen LogP contribution < -0.4 is 10.1 Å². The highest BCUT2D eigenvalue weighted by atomic mass is 32.1. The molecule has 0 fully saturated rings. The third-order valence-corrected chi connectivity index (χ3v) is 4.56. The fraction of sp³-hybridized carbons (Fsp3) is 0.316. The summed E-state index contributed by atoms with van der Waals surface area (Å²) in [7, 11) is 0. The molecule has 0 spiro atoms. The number of carbonyl (C=O) groups excluding carboxylic acids is 1. The Balaban J connectivity index is 1.92. The Kier molecular flexibility index (Phi) is 5.99. The first-order chi connectivity index (χ1) is 11.0. The molecule has 0 atom stereocenters. The van der Waals surface area contributed by atoms with Crippen LogP contribution in [0.4, 0.5) is 0 Å². The Morgan fingerprint density at radius 3 is 2.78 bits per heavy atom. The van der Waals surface area contributed by atoms with Crippen LogP contribution in [0.1, 0.15) is 35.4 Å². The third-order valence-electron chi connectivity index (χ3n) is 3.50. The van der Waals surface area contributed by atoms with Crippen LogP contribution in [0.3, 0.4) is 0 Å². The largest absolute Gasteiger partial charge is 0.491 e. The van der Waals surface area contributed by atoms with Crippen molar-refractivity contribution in [2.45, 2.75) is 40.3 Å². The Morgan fingerprint density at radius 1 is 1.35 bits per heavy atom. The van der Waals surface area contributed by atoms with Crippen LogP contribution >= 0.6 is 11.3 Å². The van der Waals surface area contributed by atoms with Crippen LogP contribution in [0, 0.1) is 13.8 Å². The molecule has 2 rings (SSSR count). The number of amides is 1. The van der Waals surface area contributed by atoms with Crippen LogP contribution in [0.15, 0.2) is 35.7 Å². The Bertz CT molecular complexity index is 701. The molecule has 2 aromatic rings. The predicted molar refractivity (Wildman–Crippen MR) is 96.9 cm³/mol. The molecule has 1 aromatic carbocycles. The predicted octanol–water partition coefficient (Wildman–Crippen LogP) is 4.48. The summed E-state index contributed by atoms with van der Waals surface area (Å²) in [4.78, 5) is 13.2. The van der Waals surface area contributed by atoms with Crippen molar-refractivity contribution in [1.82, 2.24) is 5.32 Å². The number of nitrogens with one attached hydrogen (secondary N) is 1. The molecule has 0 saturated heterocycles. The molecule has 3 nitrogen and oxygen atoms in total. The zero-order valence-corrected chi connectivity index (χ0v) is 14.9. The van der Waals surface area contributed by atoms with E-state index in [2.05, 4.69) is 24.5 Å². The van der Waals surface area contributed by atoms with Crippen molar-refractivity contribution in [3.05, 3.63) is 57.3 Å². The maximum Gasteiger partial charge on any atom is 0.244 e. The molecule has 23 heavy (non-hydrogen) atoms. The van der Waals surface area contributed by atoms with Gasteiger partial charge in [0, 0.05) is 17.5 Å². The van der Waals surface area contributed by atoms with Gasteiger partial charge >= 0.3 is 0 Å². The highest BCUT2D eigenvalue weighted by Crippen LogP contribution is 2.20. The van der Waals surface area contributed by atoms with E-state index in [1.807, 2.05) is 38.1 Å². The molecule has 1 amide bonds. The second-order valence-electron chi connectivity index (χ2n) is 5.73. The minimum atomic E-state index is -0.0940. The molecule has 0 bridgehead atoms. The summed E-state index contributed by atoms with van der Waals surface area (Å²) in [5.74, 6) is 0.718. The van der Waals surface area contributed by atoms with Gasteiger partial charge in [0.05, 0.1) is 6.10 Å². The number of ether oxygens (including phenoxy) is 1. The van der Waals surface area contributed by atoms with Gasteiger partial charge in [0.25, 0.3) is 0 Å². The maximum absolute atomic E-state index is 11.9. The summed E-state index contributed by atoms with van der Waals surface area (Å²) in [5, 5.41) is 5.02. The van der Waals surface area contributed by atoms with Gasteiger partial charge in [0.15, 0.2) is 0 Å². The molecule has 0 aliphatic carbocycles. The van der Waals surface area contributed by atoms with Crippen LogP contribution in [0.5, 0.6) is 5.75 Å². The second kappa shape index (κ2) is 7.97. The molecule has 0 aliphatic rings. The van der Waals surface area contributed by atoms with Crippen molar-refractivity contribution in [3.8, 4) is 5.75 Å². The van der Waals surface area contributed by atoms with E-state index in [0.29, 0.717) is 6.54 Å². The number of aryl methyl sites for hydroxylation is 1. The van der Waals surface area contributed by atoms with Gasteiger partial charge in [-0.05, 0) is 68.0 Å². The standard InChI is InChI=1S/C19H23NO2S/c1-13(2)22-18-7-5-6-16(10-18)8-9-19(21)20-11-17-12-23-15(4)14(17)3/h5-10,12-13H,11H2,1-4H3,(H,20,21)/b9-8+. The van der Waals surface area contributed by atoms with Crippen molar-refractivity contribution in [2.24, 2.45) is 0 Å². The van der Waals surface area contributed by atoms with Gasteiger partial charge in [-0.25, -0.2) is 0 Å². The van der Waals surface area contributed by atoms with E-state index in [0.717, 1.165) is 11.3 Å². The number of hydrogen-bond donors (Lipinski definition) is 1. The first-order valence-electron chi connectivity index (χ1n) is 7.72. The topological polar surface area (TPSA) is 38.3 Å². The minimum Gasteiger partial charge on any atom is -0.491 e. The summed E-state index contributed by atoms with van der Waals surface area (Å²) in [6.45, 7) is 8.73. The molecule has 1 aromatic heterocycles. The van der Waals surface area contributed by atoms with Gasteiger partial charge in [-0.1, -0.05) is 12.1 Å². The van der Waals surface area contributed by atoms with Crippen LogP contribution in [-0.4, -0.2) is 12.0 Å². The number of hydrogen-bond acceptors (Lipinski definition) is 3. The average molecular weight is 329 g/mol. The fourth-order valence-corrected chi connectivity index (χ4v) is 3.00. The summed E-state index contributed by atoms with van der Waals surface area (Å²) < 4.78 is 5.65. The molecule has 0 aliphatic heterocycles. The normalized spacial score (nSPS) is 11.2. The van der Waals surface area contributed by atoms with Crippen molar-refractivity contribution in [3.63, 3.8) is 0 Å². The lowest BCUT2D eigenvalue weighted by Gasteiger charge is -2.09. The summed E-state index contributed by atoms with van der Waals surface area (Å²) in [6.07, 6.45) is 3.49. The molecule has 1 heterocycles. The molecule has 1 N–H and O–H groups in total. The van der Waals surface area contributed by atoms with Crippen LogP contribution in [0.2, 0.25) is 0 Å². The average Bonchev–Trinajstić information content (AvgIpc) is 2.82. The van der Waals surface area contributed by atoms with Gasteiger partial charge < -0.3 is 10.1 Å². The van der Waals surface area contributed by atoms with Gasteiger partial charge in [-0.15, -0.1) is 11.3 Å². The van der Waals surface area contributed by atoms with Crippen LogP contribution in [0.25, 0.3) is 6.08 Å². The molecule has 4 heteroatoms. The zero-order valence-electron chi connectivity index (χ0n) is 14.1. The SMILES string of the molecule is Cc1scc(CNC(=O)/C=C/c2cccc(OC(C)C)c2)c1C. The summed E-state index contributed by atoms with van der Waals surface area (Å²) >= 11 is 1.72. The smallest absolute Gasteiger partial charge is 0.244 e. The first-order valence-corrected chi connectivity index (χ1v) is 8.60. The molecular formula is C19H23NO2S. The van der Waals surface area contributed by atoms with E-state index in [-0.39, 0.29) is 12.0 Å². The lowest BCUT2D eigenvalue weighted by molar-refractivity contribution is -0.116. The van der Waals surface area contributed by atoms with Crippen molar-refractivity contribution >= 4 is 23.3 Å². The zero-order chi connectivity index (χ0) is 16.8.